The number of Topliss-reactive ketones (excluding diaryl/α,β-unsaturated/α-hetero) is 1. The number of carbonyl (C=O) groups excluding carboxylic acids is 1. The molecule has 2 N–H and O–H groups in total. The number of hydrogen-bond acceptors (Lipinski definition) is 7. The summed E-state index contributed by atoms with van der Waals surface area (Å²) in [5.74, 6) is 1.10. The Morgan fingerprint density at radius 3 is 1.46 bits per heavy atom. The number of nitrogens with one attached hydrogen (secondary N) is 2. The van der Waals surface area contributed by atoms with Crippen LogP contribution in [-0.4, -0.2) is 36.8 Å². The molecule has 5 aromatic rings. The molecular formula is C34H31BrN2O7S2. The summed E-state index contributed by atoms with van der Waals surface area (Å²) in [7, 11) is -4.34. The van der Waals surface area contributed by atoms with E-state index in [-0.39, 0.29) is 15.6 Å². The van der Waals surface area contributed by atoms with Gasteiger partial charge in [-0.2, -0.15) is 0 Å². The third-order valence-electron chi connectivity index (χ3n) is 6.63. The molecule has 0 aromatic heterocycles. The van der Waals surface area contributed by atoms with Gasteiger partial charge < -0.3 is 9.47 Å². The first kappa shape index (κ1) is 34.2. The van der Waals surface area contributed by atoms with Crippen LogP contribution in [0.25, 0.3) is 11.1 Å². The number of ether oxygens (including phenoxy) is 2. The van der Waals surface area contributed by atoms with E-state index in [0.29, 0.717) is 44.0 Å². The number of ketones is 1. The van der Waals surface area contributed by atoms with Crippen molar-refractivity contribution < 1.29 is 31.1 Å². The van der Waals surface area contributed by atoms with E-state index in [4.69, 9.17) is 9.47 Å². The number of para-hydroxylation sites is 2. The molecule has 0 saturated heterocycles. The van der Waals surface area contributed by atoms with Gasteiger partial charge in [-0.15, -0.1) is 0 Å². The smallest absolute Gasteiger partial charge is 0.261 e. The number of methoxy groups -OCH3 is 2. The third kappa shape index (κ3) is 8.53. The molecule has 0 aliphatic carbocycles. The molecule has 0 aliphatic heterocycles. The van der Waals surface area contributed by atoms with E-state index in [2.05, 4.69) is 25.4 Å². The molecule has 9 nitrogen and oxygen atoms in total. The lowest BCUT2D eigenvalue weighted by Crippen LogP contribution is -2.13. The molecule has 0 heterocycles. The van der Waals surface area contributed by atoms with Crippen molar-refractivity contribution in [2.24, 2.45) is 0 Å². The number of halogens is 1. The van der Waals surface area contributed by atoms with Gasteiger partial charge in [-0.1, -0.05) is 54.6 Å². The zero-order chi connectivity index (χ0) is 33.3. The van der Waals surface area contributed by atoms with Crippen LogP contribution >= 0.6 is 15.9 Å². The van der Waals surface area contributed by atoms with E-state index in [1.165, 1.54) is 45.4 Å². The van der Waals surface area contributed by atoms with Crippen molar-refractivity contribution in [1.82, 2.24) is 0 Å². The minimum absolute atomic E-state index is 0.0848. The van der Waals surface area contributed by atoms with Gasteiger partial charge in [-0.3, -0.25) is 14.2 Å². The Balaban J connectivity index is 0.000000222. The van der Waals surface area contributed by atoms with Crippen LogP contribution in [0.1, 0.15) is 17.3 Å². The van der Waals surface area contributed by atoms with Gasteiger partial charge in [-0.05, 0) is 95.1 Å². The maximum atomic E-state index is 12.8. The quantitative estimate of drug-likeness (QED) is 0.142. The summed E-state index contributed by atoms with van der Waals surface area (Å²) in [5, 5.41) is 0. The first-order valence-electron chi connectivity index (χ1n) is 13.7. The summed E-state index contributed by atoms with van der Waals surface area (Å²) in [6.45, 7) is 1.49. The largest absolute Gasteiger partial charge is 0.497 e. The van der Waals surface area contributed by atoms with Crippen molar-refractivity contribution in [2.45, 2.75) is 16.7 Å². The lowest BCUT2D eigenvalue weighted by Gasteiger charge is -2.15. The monoisotopic (exact) mass is 722 g/mol. The highest BCUT2D eigenvalue weighted by Crippen LogP contribution is 2.32. The van der Waals surface area contributed by atoms with Crippen LogP contribution in [0, 0.1) is 0 Å². The Labute approximate surface area is 277 Å². The normalized spacial score (nSPS) is 11.0. The molecule has 0 aliphatic rings. The average Bonchev–Trinajstić information content (AvgIpc) is 3.06. The van der Waals surface area contributed by atoms with Crippen molar-refractivity contribution in [3.8, 4) is 22.6 Å². The van der Waals surface area contributed by atoms with Gasteiger partial charge in [0.25, 0.3) is 20.0 Å². The zero-order valence-corrected chi connectivity index (χ0v) is 28.3. The fourth-order valence-electron chi connectivity index (χ4n) is 4.29. The van der Waals surface area contributed by atoms with Crippen molar-refractivity contribution in [3.63, 3.8) is 0 Å². The number of hydrogen-bond donors (Lipinski definition) is 2. The lowest BCUT2D eigenvalue weighted by atomic mass is 9.96. The maximum Gasteiger partial charge on any atom is 0.261 e. The Bertz CT molecular complexity index is 2030. The van der Waals surface area contributed by atoms with Crippen LogP contribution in [0.4, 0.5) is 11.4 Å². The highest BCUT2D eigenvalue weighted by molar-refractivity contribution is 9.10. The van der Waals surface area contributed by atoms with Crippen molar-refractivity contribution in [2.75, 3.05) is 23.7 Å². The van der Waals surface area contributed by atoms with E-state index in [1.54, 1.807) is 84.9 Å². The SMILES string of the molecule is COc1ccc(S(=O)(=O)Nc2ccccc2-c2ccccc2C(C)=O)cc1.COc1ccc(S(=O)(=O)Nc2ccccc2Br)cc1. The Morgan fingerprint density at radius 1 is 0.565 bits per heavy atom. The molecule has 0 bridgehead atoms. The van der Waals surface area contributed by atoms with Gasteiger partial charge in [-0.25, -0.2) is 16.8 Å². The highest BCUT2D eigenvalue weighted by atomic mass is 79.9. The molecule has 0 radical (unpaired) electrons. The molecule has 0 unspecified atom stereocenters. The Hall–Kier alpha value is -4.65. The summed E-state index contributed by atoms with van der Waals surface area (Å²) in [6.07, 6.45) is 0. The van der Waals surface area contributed by atoms with E-state index < -0.39 is 20.0 Å². The first-order chi connectivity index (χ1) is 21.9. The minimum atomic E-state index is -3.79. The average molecular weight is 724 g/mol. The highest BCUT2D eigenvalue weighted by Gasteiger charge is 2.19. The second-order valence-electron chi connectivity index (χ2n) is 9.69. The minimum Gasteiger partial charge on any atom is -0.497 e. The van der Waals surface area contributed by atoms with Crippen molar-refractivity contribution in [3.05, 3.63) is 131 Å². The lowest BCUT2D eigenvalue weighted by molar-refractivity contribution is 0.101. The molecular weight excluding hydrogens is 692 g/mol. The molecule has 0 spiro atoms. The third-order valence-corrected chi connectivity index (χ3v) is 10.1. The molecule has 0 amide bonds. The standard InChI is InChI=1S/C21H19NO4S.C13H12BrNO3S/c1-15(23)18-7-3-4-8-19(18)20-9-5-6-10-21(20)22-27(24,25)17-13-11-16(26-2)12-14-17;1-18-10-6-8-11(9-7-10)19(16,17)15-13-5-3-2-4-12(13)14/h3-14,22H,1-2H3;2-9,15H,1H3. The number of sulfonamides is 2. The van der Waals surface area contributed by atoms with E-state index >= 15 is 0 Å². The van der Waals surface area contributed by atoms with Crippen LogP contribution in [0.2, 0.25) is 0 Å². The predicted octanol–water partition coefficient (Wildman–Crippen LogP) is 7.62. The maximum absolute atomic E-state index is 12.8. The molecule has 5 aromatic carbocycles. The topological polar surface area (TPSA) is 128 Å². The van der Waals surface area contributed by atoms with Crippen molar-refractivity contribution in [1.29, 1.82) is 0 Å². The van der Waals surface area contributed by atoms with Crippen LogP contribution in [0.15, 0.2) is 136 Å². The number of rotatable bonds is 10. The fourth-order valence-corrected chi connectivity index (χ4v) is 6.97. The molecule has 238 valence electrons. The van der Waals surface area contributed by atoms with E-state index in [9.17, 15) is 21.6 Å². The molecule has 0 saturated carbocycles. The molecule has 46 heavy (non-hydrogen) atoms. The second-order valence-corrected chi connectivity index (χ2v) is 13.9. The Morgan fingerprint density at radius 2 is 0.978 bits per heavy atom. The number of carbonyl (C=O) groups is 1. The second kappa shape index (κ2) is 15.1. The van der Waals surface area contributed by atoms with Crippen LogP contribution in [-0.2, 0) is 20.0 Å². The number of benzene rings is 5. The first-order valence-corrected chi connectivity index (χ1v) is 17.5. The number of anilines is 2. The summed E-state index contributed by atoms with van der Waals surface area (Å²) in [5.41, 5.74) is 2.76. The summed E-state index contributed by atoms with van der Waals surface area (Å²) in [4.78, 5) is 12.3. The van der Waals surface area contributed by atoms with E-state index in [1.807, 2.05) is 12.1 Å². The Kier molecular flexibility index (Phi) is 11.2. The summed E-state index contributed by atoms with van der Waals surface area (Å²) >= 11 is 3.30. The zero-order valence-electron chi connectivity index (χ0n) is 25.1. The molecule has 5 rings (SSSR count). The van der Waals surface area contributed by atoms with Crippen molar-refractivity contribution >= 4 is 53.1 Å². The van der Waals surface area contributed by atoms with Gasteiger partial charge in [0.15, 0.2) is 5.78 Å². The molecule has 12 heteroatoms. The predicted molar refractivity (Wildman–Crippen MR) is 184 cm³/mol. The fraction of sp³-hybridized carbons (Fsp3) is 0.0882. The van der Waals surface area contributed by atoms with Gasteiger partial charge in [0.05, 0.1) is 35.4 Å². The van der Waals surface area contributed by atoms with Gasteiger partial charge in [0, 0.05) is 15.6 Å². The van der Waals surface area contributed by atoms with E-state index in [0.717, 1.165) is 0 Å². The molecule has 0 atom stereocenters. The van der Waals surface area contributed by atoms with Gasteiger partial charge in [0.2, 0.25) is 0 Å². The van der Waals surface area contributed by atoms with Crippen LogP contribution in [0.3, 0.4) is 0 Å². The van der Waals surface area contributed by atoms with Gasteiger partial charge >= 0.3 is 0 Å². The summed E-state index contributed by atoms with van der Waals surface area (Å²) in [6, 6.07) is 33.5. The summed E-state index contributed by atoms with van der Waals surface area (Å²) < 4.78 is 65.8. The van der Waals surface area contributed by atoms with Gasteiger partial charge in [0.1, 0.15) is 11.5 Å². The molecule has 0 fully saturated rings. The van der Waals surface area contributed by atoms with Crippen LogP contribution < -0.4 is 18.9 Å². The van der Waals surface area contributed by atoms with Crippen LogP contribution in [0.5, 0.6) is 11.5 Å².